The van der Waals surface area contributed by atoms with E-state index in [1.807, 2.05) is 11.9 Å². The molecule has 1 fully saturated rings. The van der Waals surface area contributed by atoms with Crippen LogP contribution < -0.4 is 9.80 Å². The zero-order valence-corrected chi connectivity index (χ0v) is 17.5. The normalized spacial score (nSPS) is 14.3. The van der Waals surface area contributed by atoms with Gasteiger partial charge in [0.05, 0.1) is 12.4 Å². The Balaban J connectivity index is 1.60. The number of hydrogen-bond donors (Lipinski definition) is 0. The topological polar surface area (TPSA) is 52.6 Å². The number of unbranched alkanes of at least 4 members (excludes halogenated alkanes) is 1. The van der Waals surface area contributed by atoms with Crippen LogP contribution in [0.5, 0.6) is 0 Å². The molecule has 2 aromatic rings. The zero-order chi connectivity index (χ0) is 20.1. The summed E-state index contributed by atoms with van der Waals surface area (Å²) in [5, 5.41) is 0. The van der Waals surface area contributed by atoms with Crippen molar-refractivity contribution in [1.29, 1.82) is 0 Å². The number of aryl methyl sites for hydroxylation is 1. The van der Waals surface area contributed by atoms with Gasteiger partial charge < -0.3 is 14.7 Å². The van der Waals surface area contributed by atoms with Crippen molar-refractivity contribution >= 4 is 17.4 Å². The number of amides is 1. The first-order valence-corrected chi connectivity index (χ1v) is 10.1. The maximum Gasteiger partial charge on any atom is 0.274 e. The summed E-state index contributed by atoms with van der Waals surface area (Å²) in [6.07, 6.45) is 5.57. The smallest absolute Gasteiger partial charge is 0.274 e. The number of carbonyl (C=O) groups is 1. The summed E-state index contributed by atoms with van der Waals surface area (Å²) in [4.78, 5) is 27.9. The Bertz CT molecular complexity index is 797. The number of rotatable bonds is 6. The highest BCUT2D eigenvalue weighted by Crippen LogP contribution is 2.24. The second-order valence-electron chi connectivity index (χ2n) is 7.53. The van der Waals surface area contributed by atoms with Gasteiger partial charge in [0.2, 0.25) is 0 Å². The molecular formula is C22H31N5O. The molecule has 0 saturated carbocycles. The average Bonchev–Trinajstić information content (AvgIpc) is 2.73. The first kappa shape index (κ1) is 20.1. The highest BCUT2D eigenvalue weighted by atomic mass is 16.2. The van der Waals surface area contributed by atoms with Crippen LogP contribution in [0.3, 0.4) is 0 Å². The van der Waals surface area contributed by atoms with Gasteiger partial charge >= 0.3 is 0 Å². The molecule has 1 saturated heterocycles. The Morgan fingerprint density at radius 3 is 2.50 bits per heavy atom. The minimum absolute atomic E-state index is 0.0316. The largest absolute Gasteiger partial charge is 0.368 e. The summed E-state index contributed by atoms with van der Waals surface area (Å²) in [6, 6.07) is 6.41. The molecule has 1 aromatic carbocycles. The Hall–Kier alpha value is -2.63. The molecule has 0 radical (unpaired) electrons. The Morgan fingerprint density at radius 2 is 1.86 bits per heavy atom. The third-order valence-electron chi connectivity index (χ3n) is 5.58. The summed E-state index contributed by atoms with van der Waals surface area (Å²) < 4.78 is 0. The number of carbonyl (C=O) groups excluding carboxylic acids is 1. The van der Waals surface area contributed by atoms with Crippen molar-refractivity contribution in [3.63, 3.8) is 0 Å². The van der Waals surface area contributed by atoms with E-state index in [2.05, 4.69) is 58.7 Å². The molecule has 0 unspecified atom stereocenters. The van der Waals surface area contributed by atoms with Gasteiger partial charge in [-0.25, -0.2) is 9.97 Å². The van der Waals surface area contributed by atoms with Crippen LogP contribution in [0.2, 0.25) is 0 Å². The fourth-order valence-electron chi connectivity index (χ4n) is 3.53. The van der Waals surface area contributed by atoms with Crippen molar-refractivity contribution in [2.24, 2.45) is 0 Å². The van der Waals surface area contributed by atoms with Crippen molar-refractivity contribution in [2.45, 2.75) is 33.6 Å². The van der Waals surface area contributed by atoms with Gasteiger partial charge in [-0.3, -0.25) is 4.79 Å². The molecule has 150 valence electrons. The summed E-state index contributed by atoms with van der Waals surface area (Å²) >= 11 is 0. The van der Waals surface area contributed by atoms with Crippen LogP contribution in [-0.4, -0.2) is 60.5 Å². The summed E-state index contributed by atoms with van der Waals surface area (Å²) in [7, 11) is 2.01. The number of anilines is 2. The van der Waals surface area contributed by atoms with E-state index in [-0.39, 0.29) is 5.91 Å². The standard InChI is InChI=1S/C22H31N5O/c1-5-6-10-25(4)21-16-23-19(15-24-21)22(28)27-13-11-26(12-14-27)20-9-7-8-17(2)18(20)3/h7-9,15-16H,5-6,10-14H2,1-4H3. The Morgan fingerprint density at radius 1 is 1.11 bits per heavy atom. The molecule has 6 heteroatoms. The minimum Gasteiger partial charge on any atom is -0.368 e. The van der Waals surface area contributed by atoms with E-state index in [0.717, 1.165) is 38.3 Å². The molecule has 0 spiro atoms. The van der Waals surface area contributed by atoms with Crippen LogP contribution in [-0.2, 0) is 0 Å². The average molecular weight is 382 g/mol. The molecule has 1 aliphatic rings. The highest BCUT2D eigenvalue weighted by Gasteiger charge is 2.24. The van der Waals surface area contributed by atoms with Gasteiger partial charge in [-0.15, -0.1) is 0 Å². The molecule has 1 aromatic heterocycles. The SMILES string of the molecule is CCCCN(C)c1cnc(C(=O)N2CCN(c3cccc(C)c3C)CC2)cn1. The number of piperazine rings is 1. The molecule has 3 rings (SSSR count). The molecule has 0 atom stereocenters. The lowest BCUT2D eigenvalue weighted by Crippen LogP contribution is -2.49. The van der Waals surface area contributed by atoms with Gasteiger partial charge in [0.15, 0.2) is 0 Å². The molecule has 1 amide bonds. The molecule has 0 bridgehead atoms. The van der Waals surface area contributed by atoms with E-state index in [4.69, 9.17) is 0 Å². The lowest BCUT2D eigenvalue weighted by Gasteiger charge is -2.36. The van der Waals surface area contributed by atoms with Gasteiger partial charge in [-0.1, -0.05) is 25.5 Å². The van der Waals surface area contributed by atoms with Crippen LogP contribution in [0.15, 0.2) is 30.6 Å². The second-order valence-corrected chi connectivity index (χ2v) is 7.53. The first-order valence-electron chi connectivity index (χ1n) is 10.1. The molecule has 0 aliphatic carbocycles. The van der Waals surface area contributed by atoms with Gasteiger partial charge in [-0.2, -0.15) is 0 Å². The molecule has 2 heterocycles. The number of hydrogen-bond acceptors (Lipinski definition) is 5. The van der Waals surface area contributed by atoms with E-state index >= 15 is 0 Å². The number of nitrogens with zero attached hydrogens (tertiary/aromatic N) is 5. The third-order valence-corrected chi connectivity index (χ3v) is 5.58. The molecule has 6 nitrogen and oxygen atoms in total. The van der Waals surface area contributed by atoms with Crippen LogP contribution in [0, 0.1) is 13.8 Å². The van der Waals surface area contributed by atoms with Crippen LogP contribution >= 0.6 is 0 Å². The number of benzene rings is 1. The van der Waals surface area contributed by atoms with Crippen molar-refractivity contribution in [3.05, 3.63) is 47.4 Å². The predicted octanol–water partition coefficient (Wildman–Crippen LogP) is 3.29. The monoisotopic (exact) mass is 381 g/mol. The fraction of sp³-hybridized carbons (Fsp3) is 0.500. The van der Waals surface area contributed by atoms with E-state index in [9.17, 15) is 4.79 Å². The second kappa shape index (κ2) is 9.04. The first-order chi connectivity index (χ1) is 13.5. The van der Waals surface area contributed by atoms with Crippen molar-refractivity contribution < 1.29 is 4.79 Å². The van der Waals surface area contributed by atoms with Crippen molar-refractivity contribution in [3.8, 4) is 0 Å². The fourth-order valence-corrected chi connectivity index (χ4v) is 3.53. The quantitative estimate of drug-likeness (QED) is 0.768. The van der Waals surface area contributed by atoms with Gasteiger partial charge in [-0.05, 0) is 37.5 Å². The summed E-state index contributed by atoms with van der Waals surface area (Å²) in [5.74, 6) is 0.778. The van der Waals surface area contributed by atoms with E-state index in [0.29, 0.717) is 18.8 Å². The van der Waals surface area contributed by atoms with Gasteiger partial charge in [0.25, 0.3) is 5.91 Å². The summed E-state index contributed by atoms with van der Waals surface area (Å²) in [5.41, 5.74) is 4.31. The number of aromatic nitrogens is 2. The van der Waals surface area contributed by atoms with Crippen LogP contribution in [0.1, 0.15) is 41.4 Å². The maximum absolute atomic E-state index is 12.8. The van der Waals surface area contributed by atoms with E-state index < -0.39 is 0 Å². The van der Waals surface area contributed by atoms with Gasteiger partial charge in [0, 0.05) is 45.5 Å². The zero-order valence-electron chi connectivity index (χ0n) is 17.5. The van der Waals surface area contributed by atoms with Crippen LogP contribution in [0.25, 0.3) is 0 Å². The molecule has 28 heavy (non-hydrogen) atoms. The Labute approximate surface area is 168 Å². The summed E-state index contributed by atoms with van der Waals surface area (Å²) in [6.45, 7) is 10.5. The molecule has 0 N–H and O–H groups in total. The van der Waals surface area contributed by atoms with E-state index in [1.54, 1.807) is 12.4 Å². The van der Waals surface area contributed by atoms with Crippen molar-refractivity contribution in [2.75, 3.05) is 49.6 Å². The third kappa shape index (κ3) is 4.43. The van der Waals surface area contributed by atoms with E-state index in [1.165, 1.54) is 16.8 Å². The lowest BCUT2D eigenvalue weighted by molar-refractivity contribution is 0.0740. The molecular weight excluding hydrogens is 350 g/mol. The van der Waals surface area contributed by atoms with Gasteiger partial charge in [0.1, 0.15) is 11.5 Å². The lowest BCUT2D eigenvalue weighted by atomic mass is 10.1. The maximum atomic E-state index is 12.8. The minimum atomic E-state index is -0.0316. The Kier molecular flexibility index (Phi) is 6.49. The predicted molar refractivity (Wildman–Crippen MR) is 114 cm³/mol. The highest BCUT2D eigenvalue weighted by molar-refractivity contribution is 5.92. The molecule has 1 aliphatic heterocycles. The van der Waals surface area contributed by atoms with Crippen LogP contribution in [0.4, 0.5) is 11.5 Å². The van der Waals surface area contributed by atoms with Crippen molar-refractivity contribution in [1.82, 2.24) is 14.9 Å².